The standard InChI is InChI=1S/C19H33NO2/c1-19(2,3)17(21)16(12-14-6-4-5-7-14)15(18(20)22)11-10-13-8-9-13/h13-16H,4-12H2,1-3H3,(H2,20,22)/t15-,16+/m0/s1. The van der Waals surface area contributed by atoms with E-state index >= 15 is 0 Å². The normalized spacial score (nSPS) is 22.5. The maximum atomic E-state index is 13.0. The lowest BCUT2D eigenvalue weighted by Crippen LogP contribution is -2.40. The van der Waals surface area contributed by atoms with Crippen molar-refractivity contribution in [1.82, 2.24) is 0 Å². The molecule has 0 aromatic heterocycles. The van der Waals surface area contributed by atoms with Gasteiger partial charge in [0.05, 0.1) is 0 Å². The number of nitrogens with two attached hydrogens (primary N) is 1. The summed E-state index contributed by atoms with van der Waals surface area (Å²) in [6.45, 7) is 5.90. The van der Waals surface area contributed by atoms with Gasteiger partial charge in [0.2, 0.25) is 5.91 Å². The molecule has 1 amide bonds. The van der Waals surface area contributed by atoms with E-state index < -0.39 is 5.41 Å². The first-order valence-corrected chi connectivity index (χ1v) is 9.12. The molecule has 2 rings (SSSR count). The Morgan fingerprint density at radius 3 is 2.05 bits per heavy atom. The van der Waals surface area contributed by atoms with Gasteiger partial charge in [-0.15, -0.1) is 0 Å². The molecule has 0 unspecified atom stereocenters. The summed E-state index contributed by atoms with van der Waals surface area (Å²) in [4.78, 5) is 25.0. The van der Waals surface area contributed by atoms with Gasteiger partial charge in [0.15, 0.2) is 0 Å². The Bertz CT molecular complexity index is 400. The fourth-order valence-electron chi connectivity index (χ4n) is 3.98. The summed E-state index contributed by atoms with van der Waals surface area (Å²) in [5.41, 5.74) is 5.32. The molecule has 126 valence electrons. The van der Waals surface area contributed by atoms with Gasteiger partial charge in [0.25, 0.3) is 0 Å². The first-order chi connectivity index (χ1) is 10.3. The summed E-state index contributed by atoms with van der Waals surface area (Å²) in [7, 11) is 0. The highest BCUT2D eigenvalue weighted by atomic mass is 16.1. The highest BCUT2D eigenvalue weighted by molar-refractivity contribution is 5.91. The number of carbonyl (C=O) groups is 2. The van der Waals surface area contributed by atoms with Crippen LogP contribution in [0, 0.1) is 29.1 Å². The molecular formula is C19H33NO2. The number of rotatable bonds is 8. The lowest BCUT2D eigenvalue weighted by Gasteiger charge is -2.31. The summed E-state index contributed by atoms with van der Waals surface area (Å²) >= 11 is 0. The Kier molecular flexibility index (Phi) is 5.68. The molecule has 0 radical (unpaired) electrons. The number of ketones is 1. The number of carbonyl (C=O) groups excluding carboxylic acids is 2. The van der Waals surface area contributed by atoms with Crippen molar-refractivity contribution < 1.29 is 9.59 Å². The number of amides is 1. The van der Waals surface area contributed by atoms with Gasteiger partial charge in [0.1, 0.15) is 5.78 Å². The lowest BCUT2D eigenvalue weighted by atomic mass is 9.71. The van der Waals surface area contributed by atoms with Gasteiger partial charge in [-0.2, -0.15) is 0 Å². The first kappa shape index (κ1) is 17.5. The predicted octanol–water partition coefficient (Wildman–Crippen LogP) is 4.09. The topological polar surface area (TPSA) is 60.2 Å². The van der Waals surface area contributed by atoms with Gasteiger partial charge in [-0.25, -0.2) is 0 Å². The van der Waals surface area contributed by atoms with Gasteiger partial charge in [-0.3, -0.25) is 9.59 Å². The molecule has 2 aliphatic rings. The van der Waals surface area contributed by atoms with Gasteiger partial charge >= 0.3 is 0 Å². The molecule has 2 atom stereocenters. The van der Waals surface area contributed by atoms with E-state index in [9.17, 15) is 9.59 Å². The van der Waals surface area contributed by atoms with E-state index in [0.717, 1.165) is 25.2 Å². The van der Waals surface area contributed by atoms with E-state index in [1.54, 1.807) is 0 Å². The molecule has 2 N–H and O–H groups in total. The SMILES string of the molecule is CC(C)(C)C(=O)[C@H](CC1CCCC1)[C@H](CCC1CC1)C(N)=O. The second-order valence-electron chi connectivity index (χ2n) is 8.64. The second kappa shape index (κ2) is 7.14. The van der Waals surface area contributed by atoms with Crippen LogP contribution in [0.5, 0.6) is 0 Å². The monoisotopic (exact) mass is 307 g/mol. The van der Waals surface area contributed by atoms with Crippen LogP contribution in [0.4, 0.5) is 0 Å². The molecular weight excluding hydrogens is 274 g/mol. The van der Waals surface area contributed by atoms with E-state index in [1.165, 1.54) is 38.5 Å². The van der Waals surface area contributed by atoms with Crippen molar-refractivity contribution in [3.8, 4) is 0 Å². The molecule has 0 spiro atoms. The Balaban J connectivity index is 2.10. The van der Waals surface area contributed by atoms with E-state index in [0.29, 0.717) is 5.92 Å². The Hall–Kier alpha value is -0.860. The van der Waals surface area contributed by atoms with Gasteiger partial charge in [-0.1, -0.05) is 59.3 Å². The molecule has 2 aliphatic carbocycles. The molecule has 2 fully saturated rings. The van der Waals surface area contributed by atoms with Crippen molar-refractivity contribution in [3.63, 3.8) is 0 Å². The van der Waals surface area contributed by atoms with E-state index in [2.05, 4.69) is 0 Å². The fraction of sp³-hybridized carbons (Fsp3) is 0.895. The molecule has 0 bridgehead atoms. The van der Waals surface area contributed by atoms with Crippen molar-refractivity contribution in [1.29, 1.82) is 0 Å². The summed E-state index contributed by atoms with van der Waals surface area (Å²) in [6.07, 6.45) is 10.3. The molecule has 0 aromatic rings. The van der Waals surface area contributed by atoms with Crippen molar-refractivity contribution in [2.45, 2.75) is 78.6 Å². The van der Waals surface area contributed by atoms with Crippen molar-refractivity contribution in [3.05, 3.63) is 0 Å². The maximum absolute atomic E-state index is 13.0. The Morgan fingerprint density at radius 2 is 1.59 bits per heavy atom. The van der Waals surface area contributed by atoms with Crippen molar-refractivity contribution >= 4 is 11.7 Å². The van der Waals surface area contributed by atoms with Crippen LogP contribution < -0.4 is 5.73 Å². The summed E-state index contributed by atoms with van der Waals surface area (Å²) in [5.74, 6) is 0.935. The second-order valence-corrected chi connectivity index (χ2v) is 8.64. The molecule has 0 heterocycles. The largest absolute Gasteiger partial charge is 0.369 e. The van der Waals surface area contributed by atoms with E-state index in [-0.39, 0.29) is 23.5 Å². The number of hydrogen-bond donors (Lipinski definition) is 1. The lowest BCUT2D eigenvalue weighted by molar-refractivity contribution is -0.138. The fourth-order valence-corrected chi connectivity index (χ4v) is 3.98. The average molecular weight is 307 g/mol. The predicted molar refractivity (Wildman–Crippen MR) is 89.2 cm³/mol. The Labute approximate surface area is 135 Å². The van der Waals surface area contributed by atoms with Crippen LogP contribution in [0.2, 0.25) is 0 Å². The third kappa shape index (κ3) is 4.82. The van der Waals surface area contributed by atoms with Crippen LogP contribution in [-0.2, 0) is 9.59 Å². The van der Waals surface area contributed by atoms with Crippen LogP contribution in [0.15, 0.2) is 0 Å². The summed E-state index contributed by atoms with van der Waals surface area (Å²) in [5, 5.41) is 0. The quantitative estimate of drug-likeness (QED) is 0.734. The molecule has 2 saturated carbocycles. The molecule has 0 aliphatic heterocycles. The average Bonchev–Trinajstić information content (AvgIpc) is 3.10. The third-order valence-corrected chi connectivity index (χ3v) is 5.57. The molecule has 22 heavy (non-hydrogen) atoms. The molecule has 0 saturated heterocycles. The maximum Gasteiger partial charge on any atom is 0.221 e. The Morgan fingerprint density at radius 1 is 1.00 bits per heavy atom. The zero-order valence-corrected chi connectivity index (χ0v) is 14.6. The van der Waals surface area contributed by atoms with E-state index in [4.69, 9.17) is 5.73 Å². The minimum Gasteiger partial charge on any atom is -0.369 e. The van der Waals surface area contributed by atoms with Crippen LogP contribution in [-0.4, -0.2) is 11.7 Å². The van der Waals surface area contributed by atoms with Crippen LogP contribution in [0.1, 0.15) is 78.6 Å². The third-order valence-electron chi connectivity index (χ3n) is 5.57. The highest BCUT2D eigenvalue weighted by Gasteiger charge is 2.39. The van der Waals surface area contributed by atoms with Gasteiger partial charge in [-0.05, 0) is 31.1 Å². The van der Waals surface area contributed by atoms with Gasteiger partial charge < -0.3 is 5.73 Å². The number of primary amides is 1. The summed E-state index contributed by atoms with van der Waals surface area (Å²) < 4.78 is 0. The van der Waals surface area contributed by atoms with Crippen molar-refractivity contribution in [2.24, 2.45) is 34.8 Å². The number of Topliss-reactive ketones (excluding diaryl/α,β-unsaturated/α-hetero) is 1. The van der Waals surface area contributed by atoms with Crippen LogP contribution in [0.3, 0.4) is 0 Å². The van der Waals surface area contributed by atoms with E-state index in [1.807, 2.05) is 20.8 Å². The molecule has 3 nitrogen and oxygen atoms in total. The molecule has 0 aromatic carbocycles. The number of hydrogen-bond acceptors (Lipinski definition) is 2. The van der Waals surface area contributed by atoms with Crippen LogP contribution in [0.25, 0.3) is 0 Å². The zero-order chi connectivity index (χ0) is 16.3. The summed E-state index contributed by atoms with van der Waals surface area (Å²) in [6, 6.07) is 0. The molecule has 3 heteroatoms. The minimum absolute atomic E-state index is 0.167. The first-order valence-electron chi connectivity index (χ1n) is 9.12. The highest BCUT2D eigenvalue weighted by Crippen LogP contribution is 2.40. The van der Waals surface area contributed by atoms with Crippen molar-refractivity contribution in [2.75, 3.05) is 0 Å². The smallest absolute Gasteiger partial charge is 0.221 e. The van der Waals surface area contributed by atoms with Gasteiger partial charge in [0, 0.05) is 17.3 Å². The van der Waals surface area contributed by atoms with Crippen LogP contribution >= 0.6 is 0 Å². The minimum atomic E-state index is -0.392. The zero-order valence-electron chi connectivity index (χ0n) is 14.6.